The predicted molar refractivity (Wildman–Crippen MR) is 166 cm³/mol. The van der Waals surface area contributed by atoms with Crippen LogP contribution in [0.1, 0.15) is 45.4 Å². The van der Waals surface area contributed by atoms with Crippen molar-refractivity contribution >= 4 is 92.8 Å². The molecule has 1 aliphatic rings. The molecule has 4 rings (SSSR count). The second kappa shape index (κ2) is 14.4. The van der Waals surface area contributed by atoms with E-state index in [1.54, 1.807) is 28.5 Å². The molecule has 1 fully saturated rings. The molecule has 0 saturated carbocycles. The summed E-state index contributed by atoms with van der Waals surface area (Å²) in [7, 11) is 0. The van der Waals surface area contributed by atoms with Crippen LogP contribution in [0.25, 0.3) is 0 Å². The molecule has 218 valence electrons. The number of hydrogen-bond donors (Lipinski definition) is 2. The van der Waals surface area contributed by atoms with Gasteiger partial charge in [-0.1, -0.05) is 48.1 Å². The Morgan fingerprint density at radius 2 is 1.78 bits per heavy atom. The maximum absolute atomic E-state index is 13.5. The fourth-order valence-electron chi connectivity index (χ4n) is 4.10. The Balaban J connectivity index is 1.64. The molecule has 0 spiro atoms. The lowest BCUT2D eigenvalue weighted by Gasteiger charge is -2.36. The molecule has 1 aliphatic heterocycles. The van der Waals surface area contributed by atoms with Gasteiger partial charge in [-0.05, 0) is 41.6 Å². The molecule has 0 atom stereocenters. The Bertz CT molecular complexity index is 1410. The van der Waals surface area contributed by atoms with Crippen LogP contribution in [0.5, 0.6) is 0 Å². The quantitative estimate of drug-likeness (QED) is 0.183. The van der Waals surface area contributed by atoms with Gasteiger partial charge in [-0.2, -0.15) is 0 Å². The van der Waals surface area contributed by atoms with Crippen molar-refractivity contribution in [3.05, 3.63) is 66.9 Å². The Labute approximate surface area is 261 Å². The highest BCUT2D eigenvalue weighted by Gasteiger charge is 2.28. The van der Waals surface area contributed by atoms with Crippen molar-refractivity contribution in [2.45, 2.75) is 25.6 Å². The summed E-state index contributed by atoms with van der Waals surface area (Å²) in [5.74, 6) is -0.629. The standard InChI is InChI=1S/C27H27Cl4N5O4S/c1-2-3-10-40-27(39)36-8-6-35(7-9-36)20-12-18(30)11-19(25(37)33-21-5-4-17(29)14-32-21)23(20)34-26(38)24-22(31)16(13-28)15-41-24/h4-5,11-12,14-15H,2-3,6-10,13H2,1H3,(H,34,38)(H,32,33,37). The summed E-state index contributed by atoms with van der Waals surface area (Å²) in [6.07, 6.45) is 2.77. The zero-order valence-corrected chi connectivity index (χ0v) is 25.9. The molecule has 2 N–H and O–H groups in total. The SMILES string of the molecule is CCCCOC(=O)N1CCN(c2cc(Cl)cc(C(=O)Nc3ccc(Cl)cn3)c2NC(=O)c2scc(CCl)c2Cl)CC1. The number of ether oxygens (including phenoxy) is 1. The average molecular weight is 659 g/mol. The molecule has 3 heterocycles. The highest BCUT2D eigenvalue weighted by Crippen LogP contribution is 2.37. The van der Waals surface area contributed by atoms with Crippen LogP contribution >= 0.6 is 57.7 Å². The normalized spacial score (nSPS) is 13.2. The van der Waals surface area contributed by atoms with E-state index in [1.165, 1.54) is 12.3 Å². The highest BCUT2D eigenvalue weighted by atomic mass is 35.5. The average Bonchev–Trinajstić information content (AvgIpc) is 3.35. The van der Waals surface area contributed by atoms with Gasteiger partial charge in [0, 0.05) is 43.3 Å². The number of amides is 3. The van der Waals surface area contributed by atoms with Gasteiger partial charge in [0.1, 0.15) is 10.7 Å². The first-order valence-electron chi connectivity index (χ1n) is 12.8. The fourth-order valence-corrected chi connectivity index (χ4v) is 6.06. The zero-order chi connectivity index (χ0) is 29.5. The number of hydrogen-bond acceptors (Lipinski definition) is 7. The van der Waals surface area contributed by atoms with Crippen molar-refractivity contribution in [1.82, 2.24) is 9.88 Å². The Hall–Kier alpha value is -2.76. The van der Waals surface area contributed by atoms with Crippen molar-refractivity contribution in [3.8, 4) is 0 Å². The summed E-state index contributed by atoms with van der Waals surface area (Å²) in [5.41, 5.74) is 1.50. The van der Waals surface area contributed by atoms with Crippen LogP contribution in [0, 0.1) is 0 Å². The van der Waals surface area contributed by atoms with Crippen LogP contribution in [0.2, 0.25) is 15.1 Å². The minimum atomic E-state index is -0.546. The number of unbranched alkanes of at least 4 members (excludes halogenated alkanes) is 1. The third kappa shape index (κ3) is 7.75. The second-order valence-corrected chi connectivity index (χ2v) is 11.5. The number of rotatable bonds is 9. The van der Waals surface area contributed by atoms with Gasteiger partial charge in [0.15, 0.2) is 0 Å². The van der Waals surface area contributed by atoms with Gasteiger partial charge in [-0.15, -0.1) is 22.9 Å². The number of nitrogens with one attached hydrogen (secondary N) is 2. The second-order valence-electron chi connectivity index (χ2n) is 9.10. The van der Waals surface area contributed by atoms with E-state index in [-0.39, 0.29) is 44.0 Å². The molecule has 0 aliphatic carbocycles. The van der Waals surface area contributed by atoms with E-state index in [0.717, 1.165) is 24.2 Å². The minimum absolute atomic E-state index is 0.115. The van der Waals surface area contributed by atoms with Gasteiger partial charge in [0.05, 0.1) is 33.6 Å². The topological polar surface area (TPSA) is 104 Å². The van der Waals surface area contributed by atoms with E-state index < -0.39 is 11.8 Å². The summed E-state index contributed by atoms with van der Waals surface area (Å²) >= 11 is 25.9. The van der Waals surface area contributed by atoms with Gasteiger partial charge in [0.2, 0.25) is 0 Å². The number of piperazine rings is 1. The molecule has 0 bridgehead atoms. The van der Waals surface area contributed by atoms with Gasteiger partial charge in [-0.25, -0.2) is 9.78 Å². The third-order valence-corrected chi connectivity index (χ3v) is 8.59. The number of benzene rings is 1. The van der Waals surface area contributed by atoms with Crippen LogP contribution in [0.15, 0.2) is 35.8 Å². The van der Waals surface area contributed by atoms with E-state index in [1.807, 2.05) is 11.8 Å². The van der Waals surface area contributed by atoms with Crippen LogP contribution in [0.3, 0.4) is 0 Å². The van der Waals surface area contributed by atoms with Crippen molar-refractivity contribution in [2.75, 3.05) is 48.3 Å². The molecule has 3 aromatic rings. The summed E-state index contributed by atoms with van der Waals surface area (Å²) in [6.45, 7) is 4.01. The van der Waals surface area contributed by atoms with E-state index in [9.17, 15) is 14.4 Å². The number of pyridine rings is 1. The maximum atomic E-state index is 13.5. The molecule has 14 heteroatoms. The van der Waals surface area contributed by atoms with Crippen molar-refractivity contribution in [3.63, 3.8) is 0 Å². The number of halogens is 4. The number of aromatic nitrogens is 1. The highest BCUT2D eigenvalue weighted by molar-refractivity contribution is 7.13. The largest absolute Gasteiger partial charge is 0.449 e. The van der Waals surface area contributed by atoms with Crippen LogP contribution in [-0.2, 0) is 10.6 Å². The van der Waals surface area contributed by atoms with Gasteiger partial charge >= 0.3 is 6.09 Å². The van der Waals surface area contributed by atoms with E-state index in [2.05, 4.69) is 15.6 Å². The molecule has 0 unspecified atom stereocenters. The fraction of sp³-hybridized carbons (Fsp3) is 0.333. The smallest absolute Gasteiger partial charge is 0.409 e. The lowest BCUT2D eigenvalue weighted by Crippen LogP contribution is -2.49. The minimum Gasteiger partial charge on any atom is -0.449 e. The Morgan fingerprint density at radius 3 is 2.41 bits per heavy atom. The number of anilines is 3. The first kappa shape index (κ1) is 31.2. The summed E-state index contributed by atoms with van der Waals surface area (Å²) < 4.78 is 5.35. The summed E-state index contributed by atoms with van der Waals surface area (Å²) in [6, 6.07) is 6.29. The maximum Gasteiger partial charge on any atom is 0.409 e. The van der Waals surface area contributed by atoms with Crippen LogP contribution in [-0.4, -0.2) is 60.6 Å². The predicted octanol–water partition coefficient (Wildman–Crippen LogP) is 7.41. The lowest BCUT2D eigenvalue weighted by molar-refractivity contribution is 0.0988. The van der Waals surface area contributed by atoms with Crippen molar-refractivity contribution in [1.29, 1.82) is 0 Å². The number of alkyl halides is 1. The molecule has 3 amide bonds. The molecule has 1 saturated heterocycles. The van der Waals surface area contributed by atoms with E-state index in [4.69, 9.17) is 51.1 Å². The van der Waals surface area contributed by atoms with Crippen LogP contribution < -0.4 is 15.5 Å². The molecule has 41 heavy (non-hydrogen) atoms. The molecular formula is C27H27Cl4N5O4S. The van der Waals surface area contributed by atoms with Gasteiger partial charge in [0.25, 0.3) is 11.8 Å². The monoisotopic (exact) mass is 657 g/mol. The summed E-state index contributed by atoms with van der Waals surface area (Å²) in [5, 5.41) is 8.27. The first-order chi connectivity index (χ1) is 19.7. The number of nitrogens with zero attached hydrogens (tertiary/aromatic N) is 3. The van der Waals surface area contributed by atoms with E-state index >= 15 is 0 Å². The molecule has 1 aromatic carbocycles. The number of thiophene rings is 1. The molecular weight excluding hydrogens is 632 g/mol. The lowest BCUT2D eigenvalue weighted by atomic mass is 10.1. The summed E-state index contributed by atoms with van der Waals surface area (Å²) in [4.78, 5) is 47.3. The first-order valence-corrected chi connectivity index (χ1v) is 15.3. The van der Waals surface area contributed by atoms with Crippen LogP contribution in [0.4, 0.5) is 22.0 Å². The number of carbonyl (C=O) groups excluding carboxylic acids is 3. The third-order valence-electron chi connectivity index (χ3n) is 6.29. The van der Waals surface area contributed by atoms with Gasteiger partial charge in [-0.3, -0.25) is 9.59 Å². The molecule has 0 radical (unpaired) electrons. The zero-order valence-electron chi connectivity index (χ0n) is 22.0. The van der Waals surface area contributed by atoms with Crippen molar-refractivity contribution in [2.24, 2.45) is 0 Å². The number of carbonyl (C=O) groups is 3. The Morgan fingerprint density at radius 1 is 1.02 bits per heavy atom. The van der Waals surface area contributed by atoms with E-state index in [0.29, 0.717) is 49.1 Å². The van der Waals surface area contributed by atoms with Crippen molar-refractivity contribution < 1.29 is 19.1 Å². The van der Waals surface area contributed by atoms with Gasteiger partial charge < -0.3 is 25.2 Å². The molecule has 9 nitrogen and oxygen atoms in total. The molecule has 2 aromatic heterocycles. The Kier molecular flexibility index (Phi) is 11.0.